The molecule has 1 nitrogen and oxygen atoms in total. The van der Waals surface area contributed by atoms with Crippen LogP contribution in [0.3, 0.4) is 0 Å². The first-order valence-corrected chi connectivity index (χ1v) is 13.4. The maximum Gasteiger partial charge on any atom is 0.0625 e. The van der Waals surface area contributed by atoms with E-state index in [1.807, 2.05) is 0 Å². The molecule has 0 N–H and O–H groups in total. The summed E-state index contributed by atoms with van der Waals surface area (Å²) in [5.41, 5.74) is 11.7. The van der Waals surface area contributed by atoms with Gasteiger partial charge in [-0.25, -0.2) is 0 Å². The van der Waals surface area contributed by atoms with E-state index in [1.165, 1.54) is 71.6 Å². The van der Waals surface area contributed by atoms with Gasteiger partial charge in [0.2, 0.25) is 0 Å². The van der Waals surface area contributed by atoms with Gasteiger partial charge >= 0.3 is 0 Å². The number of benzene rings is 6. The van der Waals surface area contributed by atoms with Crippen LogP contribution in [0.2, 0.25) is 0 Å². The molecule has 0 radical (unpaired) electrons. The lowest BCUT2D eigenvalue weighted by Gasteiger charge is -2.21. The molecule has 6 aromatic carbocycles. The van der Waals surface area contributed by atoms with E-state index in [9.17, 15) is 0 Å². The molecule has 0 unspecified atom stereocenters. The Morgan fingerprint density at radius 3 is 2.05 bits per heavy atom. The average molecular weight is 486 g/mol. The van der Waals surface area contributed by atoms with Crippen molar-refractivity contribution in [2.24, 2.45) is 0 Å². The molecule has 0 saturated heterocycles. The molecule has 0 fully saturated rings. The van der Waals surface area contributed by atoms with Gasteiger partial charge in [-0.2, -0.15) is 0 Å². The van der Waals surface area contributed by atoms with Crippen molar-refractivity contribution in [3.05, 3.63) is 139 Å². The van der Waals surface area contributed by atoms with Crippen LogP contribution in [0.5, 0.6) is 0 Å². The minimum absolute atomic E-state index is 0.0313. The highest BCUT2D eigenvalue weighted by molar-refractivity contribution is 6.23. The predicted octanol–water partition coefficient (Wildman–Crippen LogP) is 9.91. The molecule has 1 heteroatoms. The third-order valence-corrected chi connectivity index (χ3v) is 8.59. The van der Waals surface area contributed by atoms with E-state index < -0.39 is 0 Å². The fourth-order valence-corrected chi connectivity index (χ4v) is 6.76. The molecular formula is C37H27N. The fourth-order valence-electron chi connectivity index (χ4n) is 6.76. The monoisotopic (exact) mass is 485 g/mol. The molecule has 180 valence electrons. The molecule has 8 rings (SSSR count). The first kappa shape index (κ1) is 21.5. The molecule has 38 heavy (non-hydrogen) atoms. The molecule has 1 aliphatic carbocycles. The smallest absolute Gasteiger partial charge is 0.0625 e. The highest BCUT2D eigenvalue weighted by Gasteiger charge is 2.36. The number of fused-ring (bicyclic) bond motifs is 9. The Morgan fingerprint density at radius 1 is 0.526 bits per heavy atom. The second kappa shape index (κ2) is 7.69. The number of para-hydroxylation sites is 1. The van der Waals surface area contributed by atoms with Gasteiger partial charge in [0.05, 0.1) is 11.0 Å². The van der Waals surface area contributed by atoms with Crippen LogP contribution in [-0.2, 0) is 5.41 Å². The minimum atomic E-state index is -0.0313. The average Bonchev–Trinajstić information content (AvgIpc) is 3.43. The van der Waals surface area contributed by atoms with E-state index in [0.717, 1.165) is 0 Å². The van der Waals surface area contributed by atoms with Crippen molar-refractivity contribution in [2.45, 2.75) is 19.3 Å². The Hall–Kier alpha value is -4.62. The van der Waals surface area contributed by atoms with Crippen molar-refractivity contribution in [1.29, 1.82) is 0 Å². The molecule has 0 amide bonds. The first-order chi connectivity index (χ1) is 18.6. The summed E-state index contributed by atoms with van der Waals surface area (Å²) in [5, 5.41) is 5.23. The van der Waals surface area contributed by atoms with Crippen LogP contribution in [0.25, 0.3) is 60.5 Å². The van der Waals surface area contributed by atoms with E-state index >= 15 is 0 Å². The van der Waals surface area contributed by atoms with Crippen molar-refractivity contribution >= 4 is 32.6 Å². The zero-order valence-corrected chi connectivity index (χ0v) is 21.6. The predicted molar refractivity (Wildman–Crippen MR) is 161 cm³/mol. The zero-order chi connectivity index (χ0) is 25.4. The van der Waals surface area contributed by atoms with Crippen LogP contribution in [-0.4, -0.2) is 4.57 Å². The first-order valence-electron chi connectivity index (χ1n) is 13.4. The lowest BCUT2D eigenvalue weighted by Crippen LogP contribution is -2.14. The molecular weight excluding hydrogens is 458 g/mol. The van der Waals surface area contributed by atoms with Crippen LogP contribution < -0.4 is 0 Å². The van der Waals surface area contributed by atoms with Gasteiger partial charge in [-0.1, -0.05) is 123 Å². The molecule has 1 aromatic heterocycles. The van der Waals surface area contributed by atoms with Crippen molar-refractivity contribution in [3.63, 3.8) is 0 Å². The van der Waals surface area contributed by atoms with Gasteiger partial charge in [-0.15, -0.1) is 0 Å². The Morgan fingerprint density at radius 2 is 1.21 bits per heavy atom. The van der Waals surface area contributed by atoms with Gasteiger partial charge in [-0.05, 0) is 57.0 Å². The number of nitrogens with zero attached hydrogens (tertiary/aromatic N) is 1. The lowest BCUT2D eigenvalue weighted by atomic mass is 9.82. The van der Waals surface area contributed by atoms with Crippen LogP contribution >= 0.6 is 0 Å². The van der Waals surface area contributed by atoms with Crippen LogP contribution in [0, 0.1) is 0 Å². The summed E-state index contributed by atoms with van der Waals surface area (Å²) in [6.07, 6.45) is 0. The van der Waals surface area contributed by atoms with Crippen LogP contribution in [0.15, 0.2) is 127 Å². The van der Waals surface area contributed by atoms with Crippen molar-refractivity contribution in [2.75, 3.05) is 0 Å². The number of hydrogen-bond donors (Lipinski definition) is 0. The standard InChI is InChI=1S/C37H27N/c1-37(2)31-14-8-6-13-30(31)35-32(37)23-19-26-18-22-29-28-12-7-9-15-33(28)38(36(29)34(26)35)27-20-16-25(17-21-27)24-10-4-3-5-11-24/h3-23H,1-2H3. The summed E-state index contributed by atoms with van der Waals surface area (Å²) in [6.45, 7) is 4.73. The maximum absolute atomic E-state index is 2.48. The number of aromatic nitrogens is 1. The largest absolute Gasteiger partial charge is 0.309 e. The van der Waals surface area contributed by atoms with E-state index in [-0.39, 0.29) is 5.41 Å². The van der Waals surface area contributed by atoms with Gasteiger partial charge in [0.1, 0.15) is 0 Å². The van der Waals surface area contributed by atoms with E-state index in [2.05, 4.69) is 146 Å². The highest BCUT2D eigenvalue weighted by Crippen LogP contribution is 2.53. The van der Waals surface area contributed by atoms with Crippen LogP contribution in [0.4, 0.5) is 0 Å². The van der Waals surface area contributed by atoms with E-state index in [1.54, 1.807) is 0 Å². The highest BCUT2D eigenvalue weighted by atomic mass is 15.0. The lowest BCUT2D eigenvalue weighted by molar-refractivity contribution is 0.661. The summed E-state index contributed by atoms with van der Waals surface area (Å²) in [5.74, 6) is 0. The Balaban J connectivity index is 1.51. The SMILES string of the molecule is CC1(C)c2ccccc2-c2c1ccc1ccc3c4ccccc4n(-c4ccc(-c5ccccc5)cc4)c3c21. The molecule has 0 aliphatic heterocycles. The van der Waals surface area contributed by atoms with Gasteiger partial charge in [0.25, 0.3) is 0 Å². The van der Waals surface area contributed by atoms with Gasteiger partial charge in [0.15, 0.2) is 0 Å². The van der Waals surface area contributed by atoms with Crippen molar-refractivity contribution in [3.8, 4) is 27.9 Å². The fraction of sp³-hybridized carbons (Fsp3) is 0.0811. The summed E-state index contributed by atoms with van der Waals surface area (Å²) < 4.78 is 2.48. The second-order valence-corrected chi connectivity index (χ2v) is 11.0. The molecule has 0 saturated carbocycles. The van der Waals surface area contributed by atoms with E-state index in [0.29, 0.717) is 0 Å². The topological polar surface area (TPSA) is 4.93 Å². The van der Waals surface area contributed by atoms with Crippen molar-refractivity contribution < 1.29 is 0 Å². The zero-order valence-electron chi connectivity index (χ0n) is 21.6. The minimum Gasteiger partial charge on any atom is -0.309 e. The summed E-state index contributed by atoms with van der Waals surface area (Å²) in [4.78, 5) is 0. The van der Waals surface area contributed by atoms with E-state index in [4.69, 9.17) is 0 Å². The molecule has 0 atom stereocenters. The Labute approximate surface area is 222 Å². The van der Waals surface area contributed by atoms with Crippen LogP contribution in [0.1, 0.15) is 25.0 Å². The Kier molecular flexibility index (Phi) is 4.35. The third kappa shape index (κ3) is 2.82. The Bertz CT molecular complexity index is 2020. The summed E-state index contributed by atoms with van der Waals surface area (Å²) in [7, 11) is 0. The van der Waals surface area contributed by atoms with Gasteiger partial charge in [0, 0.05) is 27.3 Å². The molecule has 7 aromatic rings. The van der Waals surface area contributed by atoms with Gasteiger partial charge in [-0.3, -0.25) is 0 Å². The molecule has 0 bridgehead atoms. The molecule has 0 spiro atoms. The third-order valence-electron chi connectivity index (χ3n) is 8.59. The number of rotatable bonds is 2. The second-order valence-electron chi connectivity index (χ2n) is 11.0. The normalized spacial score (nSPS) is 13.7. The maximum atomic E-state index is 2.48. The quantitative estimate of drug-likeness (QED) is 0.230. The summed E-state index contributed by atoms with van der Waals surface area (Å²) in [6, 6.07) is 46.7. The summed E-state index contributed by atoms with van der Waals surface area (Å²) >= 11 is 0. The molecule has 1 heterocycles. The van der Waals surface area contributed by atoms with Gasteiger partial charge < -0.3 is 4.57 Å². The van der Waals surface area contributed by atoms with Crippen molar-refractivity contribution in [1.82, 2.24) is 4.57 Å². The number of hydrogen-bond acceptors (Lipinski definition) is 0. The molecule has 1 aliphatic rings.